The van der Waals surface area contributed by atoms with Crippen LogP contribution in [0.4, 0.5) is 5.69 Å². The Labute approximate surface area is 160 Å². The molecule has 0 bridgehead atoms. The van der Waals surface area contributed by atoms with Crippen molar-refractivity contribution in [2.45, 2.75) is 12.8 Å². The zero-order valence-electron chi connectivity index (χ0n) is 15.9. The van der Waals surface area contributed by atoms with E-state index in [4.69, 9.17) is 9.47 Å². The molecule has 0 aliphatic carbocycles. The van der Waals surface area contributed by atoms with E-state index in [1.165, 1.54) is 10.6 Å². The van der Waals surface area contributed by atoms with E-state index in [9.17, 15) is 13.2 Å². The van der Waals surface area contributed by atoms with Crippen molar-refractivity contribution in [1.82, 2.24) is 9.80 Å². The molecule has 1 amide bonds. The van der Waals surface area contributed by atoms with Gasteiger partial charge < -0.3 is 19.3 Å². The summed E-state index contributed by atoms with van der Waals surface area (Å²) in [5.41, 5.74) is 0.522. The summed E-state index contributed by atoms with van der Waals surface area (Å²) in [7, 11) is -1.43. The third kappa shape index (κ3) is 5.04. The van der Waals surface area contributed by atoms with E-state index < -0.39 is 10.0 Å². The number of benzene rings is 1. The lowest BCUT2D eigenvalue weighted by molar-refractivity contribution is -0.132. The molecule has 150 valence electrons. The van der Waals surface area contributed by atoms with Crippen LogP contribution in [-0.2, 0) is 14.8 Å². The standard InChI is InChI=1S/C18H27N3O5S/c1-19-8-10-20(11-9-19)18(22)4-3-7-21(27(2,23)24)15-5-6-16-17(14-15)26-13-12-25-16/h5-6,14H,3-4,7-13H2,1-2H3. The average Bonchev–Trinajstić information content (AvgIpc) is 2.64. The molecular weight excluding hydrogens is 370 g/mol. The molecule has 0 radical (unpaired) electrons. The maximum atomic E-state index is 12.4. The van der Waals surface area contributed by atoms with Gasteiger partial charge in [-0.1, -0.05) is 0 Å². The minimum atomic E-state index is -3.47. The number of carbonyl (C=O) groups excluding carboxylic acids is 1. The molecule has 27 heavy (non-hydrogen) atoms. The zero-order valence-corrected chi connectivity index (χ0v) is 16.7. The number of fused-ring (bicyclic) bond motifs is 1. The van der Waals surface area contributed by atoms with E-state index in [-0.39, 0.29) is 12.5 Å². The van der Waals surface area contributed by atoms with Gasteiger partial charge in [0.2, 0.25) is 15.9 Å². The number of sulfonamides is 1. The van der Waals surface area contributed by atoms with Crippen LogP contribution in [0.15, 0.2) is 18.2 Å². The number of hydrogen-bond acceptors (Lipinski definition) is 6. The molecule has 1 aromatic carbocycles. The van der Waals surface area contributed by atoms with Crippen LogP contribution in [0.1, 0.15) is 12.8 Å². The van der Waals surface area contributed by atoms with Gasteiger partial charge in [-0.05, 0) is 25.6 Å². The fraction of sp³-hybridized carbons (Fsp3) is 0.611. The van der Waals surface area contributed by atoms with Gasteiger partial charge >= 0.3 is 0 Å². The van der Waals surface area contributed by atoms with E-state index in [1.54, 1.807) is 18.2 Å². The van der Waals surface area contributed by atoms with E-state index in [2.05, 4.69) is 4.90 Å². The SMILES string of the molecule is CN1CCN(C(=O)CCCN(c2ccc3c(c2)OCCO3)S(C)(=O)=O)CC1. The second-order valence-electron chi connectivity index (χ2n) is 6.95. The molecule has 0 atom stereocenters. The summed E-state index contributed by atoms with van der Waals surface area (Å²) in [5, 5.41) is 0. The van der Waals surface area contributed by atoms with Gasteiger partial charge in [-0.2, -0.15) is 0 Å². The predicted octanol–water partition coefficient (Wildman–Crippen LogP) is 0.778. The van der Waals surface area contributed by atoms with Crippen molar-refractivity contribution >= 4 is 21.6 Å². The second-order valence-corrected chi connectivity index (χ2v) is 8.86. The third-order valence-corrected chi connectivity index (χ3v) is 6.02. The van der Waals surface area contributed by atoms with Crippen LogP contribution in [0.25, 0.3) is 0 Å². The molecule has 0 N–H and O–H groups in total. The Kier molecular flexibility index (Phi) is 6.11. The molecule has 8 nitrogen and oxygen atoms in total. The Morgan fingerprint density at radius 1 is 1.11 bits per heavy atom. The summed E-state index contributed by atoms with van der Waals surface area (Å²) >= 11 is 0. The fourth-order valence-corrected chi connectivity index (χ4v) is 4.22. The van der Waals surface area contributed by atoms with Gasteiger partial charge in [-0.3, -0.25) is 9.10 Å². The van der Waals surface area contributed by atoms with Crippen LogP contribution >= 0.6 is 0 Å². The lowest BCUT2D eigenvalue weighted by atomic mass is 10.2. The summed E-state index contributed by atoms with van der Waals surface area (Å²) in [5.74, 6) is 1.24. The first-order valence-electron chi connectivity index (χ1n) is 9.18. The number of ether oxygens (including phenoxy) is 2. The van der Waals surface area contributed by atoms with Gasteiger partial charge in [0, 0.05) is 45.2 Å². The molecule has 0 saturated carbocycles. The van der Waals surface area contributed by atoms with Crippen molar-refractivity contribution in [2.75, 3.05) is 63.5 Å². The zero-order chi connectivity index (χ0) is 19.4. The lowest BCUT2D eigenvalue weighted by Crippen LogP contribution is -2.47. The smallest absolute Gasteiger partial charge is 0.232 e. The van der Waals surface area contributed by atoms with Crippen LogP contribution in [0.5, 0.6) is 11.5 Å². The number of nitrogens with zero attached hydrogens (tertiary/aromatic N) is 3. The Morgan fingerprint density at radius 3 is 2.44 bits per heavy atom. The highest BCUT2D eigenvalue weighted by Gasteiger charge is 2.22. The molecule has 0 aromatic heterocycles. The highest BCUT2D eigenvalue weighted by molar-refractivity contribution is 7.92. The first kappa shape index (κ1) is 19.8. The minimum Gasteiger partial charge on any atom is -0.486 e. The number of anilines is 1. The quantitative estimate of drug-likeness (QED) is 0.706. The molecule has 2 heterocycles. The third-order valence-electron chi connectivity index (χ3n) is 4.82. The average molecular weight is 397 g/mol. The van der Waals surface area contributed by atoms with Crippen LogP contribution in [0, 0.1) is 0 Å². The molecule has 2 aliphatic rings. The molecule has 1 saturated heterocycles. The van der Waals surface area contributed by atoms with Crippen LogP contribution in [0.2, 0.25) is 0 Å². The Hall–Kier alpha value is -2.00. The Balaban J connectivity index is 1.62. The highest BCUT2D eigenvalue weighted by atomic mass is 32.2. The molecule has 2 aliphatic heterocycles. The number of amides is 1. The summed E-state index contributed by atoms with van der Waals surface area (Å²) in [6.07, 6.45) is 1.97. The van der Waals surface area contributed by atoms with Crippen molar-refractivity contribution in [2.24, 2.45) is 0 Å². The maximum Gasteiger partial charge on any atom is 0.232 e. The van der Waals surface area contributed by atoms with Gasteiger partial charge in [0.1, 0.15) is 13.2 Å². The van der Waals surface area contributed by atoms with Gasteiger partial charge in [0.15, 0.2) is 11.5 Å². The van der Waals surface area contributed by atoms with E-state index >= 15 is 0 Å². The van der Waals surface area contributed by atoms with Crippen molar-refractivity contribution < 1.29 is 22.7 Å². The number of carbonyl (C=O) groups is 1. The summed E-state index contributed by atoms with van der Waals surface area (Å²) in [6.45, 7) is 4.38. The maximum absolute atomic E-state index is 12.4. The Morgan fingerprint density at radius 2 is 1.78 bits per heavy atom. The molecular formula is C18H27N3O5S. The topological polar surface area (TPSA) is 79.4 Å². The van der Waals surface area contributed by atoms with Gasteiger partial charge in [-0.15, -0.1) is 0 Å². The van der Waals surface area contributed by atoms with Crippen molar-refractivity contribution in [3.63, 3.8) is 0 Å². The molecule has 3 rings (SSSR count). The van der Waals surface area contributed by atoms with Crippen molar-refractivity contribution in [3.8, 4) is 11.5 Å². The van der Waals surface area contributed by atoms with Crippen molar-refractivity contribution in [3.05, 3.63) is 18.2 Å². The molecule has 1 aromatic rings. The van der Waals surface area contributed by atoms with E-state index in [1.807, 2.05) is 11.9 Å². The Bertz CT molecular complexity index is 775. The second kappa shape index (κ2) is 8.35. The molecule has 0 spiro atoms. The first-order valence-corrected chi connectivity index (χ1v) is 11.0. The minimum absolute atomic E-state index is 0.0822. The number of piperazine rings is 1. The van der Waals surface area contributed by atoms with Gasteiger partial charge in [0.05, 0.1) is 11.9 Å². The van der Waals surface area contributed by atoms with E-state index in [0.29, 0.717) is 43.2 Å². The lowest BCUT2D eigenvalue weighted by Gasteiger charge is -2.32. The fourth-order valence-electron chi connectivity index (χ4n) is 3.26. The first-order chi connectivity index (χ1) is 12.8. The van der Waals surface area contributed by atoms with Crippen LogP contribution < -0.4 is 13.8 Å². The summed E-state index contributed by atoms with van der Waals surface area (Å²) in [6, 6.07) is 5.10. The number of hydrogen-bond donors (Lipinski definition) is 0. The van der Waals surface area contributed by atoms with Gasteiger partial charge in [-0.25, -0.2) is 8.42 Å². The van der Waals surface area contributed by atoms with E-state index in [0.717, 1.165) is 26.2 Å². The monoisotopic (exact) mass is 397 g/mol. The molecule has 1 fully saturated rings. The van der Waals surface area contributed by atoms with Crippen molar-refractivity contribution in [1.29, 1.82) is 0 Å². The van der Waals surface area contributed by atoms with Gasteiger partial charge in [0.25, 0.3) is 0 Å². The molecule has 9 heteroatoms. The summed E-state index contributed by atoms with van der Waals surface area (Å²) < 4.78 is 36.9. The normalized spacial score (nSPS) is 17.6. The summed E-state index contributed by atoms with van der Waals surface area (Å²) in [4.78, 5) is 16.4. The van der Waals surface area contributed by atoms with Crippen LogP contribution in [0.3, 0.4) is 0 Å². The number of likely N-dealkylation sites (N-methyl/N-ethyl adjacent to an activating group) is 1. The largest absolute Gasteiger partial charge is 0.486 e. The van der Waals surface area contributed by atoms with Crippen LogP contribution in [-0.4, -0.2) is 83.4 Å². The predicted molar refractivity (Wildman–Crippen MR) is 103 cm³/mol. The number of rotatable bonds is 6. The highest BCUT2D eigenvalue weighted by Crippen LogP contribution is 2.34. The molecule has 0 unspecified atom stereocenters.